The molecule has 0 aromatic heterocycles. The molecule has 15 heavy (non-hydrogen) atoms. The van der Waals surface area contributed by atoms with Gasteiger partial charge in [0.05, 0.1) is 6.54 Å². The fraction of sp³-hybridized carbons (Fsp3) is 0.364. The van der Waals surface area contributed by atoms with E-state index in [0.29, 0.717) is 6.54 Å². The van der Waals surface area contributed by atoms with E-state index in [1.165, 1.54) is 0 Å². The first-order chi connectivity index (χ1) is 7.31. The Morgan fingerprint density at radius 3 is 2.93 bits per heavy atom. The lowest BCUT2D eigenvalue weighted by atomic mass is 10.2. The Balaban J connectivity index is 2.16. The molecule has 0 fully saturated rings. The van der Waals surface area contributed by atoms with Gasteiger partial charge in [-0.1, -0.05) is 18.2 Å². The highest BCUT2D eigenvalue weighted by molar-refractivity contribution is 5.95. The number of hydrogen-bond donors (Lipinski definition) is 2. The molecule has 1 aromatic carbocycles. The van der Waals surface area contributed by atoms with Crippen LogP contribution in [0.3, 0.4) is 0 Å². The molecule has 0 bridgehead atoms. The van der Waals surface area contributed by atoms with Gasteiger partial charge in [-0.25, -0.2) is 0 Å². The van der Waals surface area contributed by atoms with E-state index in [2.05, 4.69) is 15.2 Å². The van der Waals surface area contributed by atoms with Crippen molar-refractivity contribution in [2.75, 3.05) is 25.5 Å². The highest BCUT2D eigenvalue weighted by atomic mass is 15.3. The Morgan fingerprint density at radius 1 is 1.47 bits per heavy atom. The van der Waals surface area contributed by atoms with Crippen molar-refractivity contribution in [3.8, 4) is 0 Å². The number of rotatable bonds is 2. The van der Waals surface area contributed by atoms with Crippen LogP contribution >= 0.6 is 0 Å². The molecule has 0 saturated carbocycles. The average molecular weight is 204 g/mol. The van der Waals surface area contributed by atoms with E-state index >= 15 is 0 Å². The van der Waals surface area contributed by atoms with Gasteiger partial charge in [0, 0.05) is 25.8 Å². The van der Waals surface area contributed by atoms with Crippen molar-refractivity contribution in [3.63, 3.8) is 0 Å². The van der Waals surface area contributed by atoms with Gasteiger partial charge in [-0.3, -0.25) is 4.99 Å². The van der Waals surface area contributed by atoms with Crippen molar-refractivity contribution in [2.24, 2.45) is 10.7 Å². The molecule has 0 unspecified atom stereocenters. The van der Waals surface area contributed by atoms with Gasteiger partial charge in [-0.05, 0) is 11.6 Å². The molecule has 0 spiro atoms. The third kappa shape index (κ3) is 2.10. The highest BCUT2D eigenvalue weighted by Crippen LogP contribution is 2.15. The number of guanidine groups is 1. The molecule has 4 heteroatoms. The van der Waals surface area contributed by atoms with E-state index in [4.69, 9.17) is 5.73 Å². The summed E-state index contributed by atoms with van der Waals surface area (Å²) < 4.78 is 0. The SMILES string of the molecule is CN1CCN=C1Nc1ccccc1CN. The molecule has 1 heterocycles. The first-order valence-electron chi connectivity index (χ1n) is 5.12. The number of hydrogen-bond acceptors (Lipinski definition) is 4. The number of nitrogens with one attached hydrogen (secondary N) is 1. The van der Waals surface area contributed by atoms with Crippen LogP contribution in [-0.2, 0) is 6.54 Å². The van der Waals surface area contributed by atoms with E-state index < -0.39 is 0 Å². The number of benzene rings is 1. The Kier molecular flexibility index (Phi) is 2.87. The fourth-order valence-corrected chi connectivity index (χ4v) is 1.61. The first kappa shape index (κ1) is 9.98. The topological polar surface area (TPSA) is 53.6 Å². The van der Waals surface area contributed by atoms with E-state index in [9.17, 15) is 0 Å². The third-order valence-electron chi connectivity index (χ3n) is 2.54. The summed E-state index contributed by atoms with van der Waals surface area (Å²) in [5.74, 6) is 0.927. The van der Waals surface area contributed by atoms with Crippen molar-refractivity contribution in [1.82, 2.24) is 4.90 Å². The fourth-order valence-electron chi connectivity index (χ4n) is 1.61. The maximum Gasteiger partial charge on any atom is 0.198 e. The summed E-state index contributed by atoms with van der Waals surface area (Å²) in [6, 6.07) is 8.04. The van der Waals surface area contributed by atoms with Crippen LogP contribution in [0.15, 0.2) is 29.3 Å². The van der Waals surface area contributed by atoms with Crippen LogP contribution in [-0.4, -0.2) is 31.0 Å². The van der Waals surface area contributed by atoms with E-state index in [0.717, 1.165) is 30.3 Å². The number of nitrogens with zero attached hydrogens (tertiary/aromatic N) is 2. The van der Waals surface area contributed by atoms with Gasteiger partial charge in [0.25, 0.3) is 0 Å². The van der Waals surface area contributed by atoms with Gasteiger partial charge in [0.15, 0.2) is 5.96 Å². The van der Waals surface area contributed by atoms with Crippen molar-refractivity contribution in [3.05, 3.63) is 29.8 Å². The molecule has 4 nitrogen and oxygen atoms in total. The van der Waals surface area contributed by atoms with Gasteiger partial charge >= 0.3 is 0 Å². The van der Waals surface area contributed by atoms with E-state index in [-0.39, 0.29) is 0 Å². The lowest BCUT2D eigenvalue weighted by Gasteiger charge is -2.17. The number of anilines is 1. The number of para-hydroxylation sites is 1. The van der Waals surface area contributed by atoms with Crippen LogP contribution in [0.2, 0.25) is 0 Å². The molecule has 0 atom stereocenters. The minimum absolute atomic E-state index is 0.542. The predicted octanol–water partition coefficient (Wildman–Crippen LogP) is 0.859. The standard InChI is InChI=1S/C11H16N4/c1-15-7-6-13-11(15)14-10-5-3-2-4-9(10)8-12/h2-5H,6-8,12H2,1H3,(H,13,14). The zero-order valence-electron chi connectivity index (χ0n) is 8.90. The predicted molar refractivity (Wildman–Crippen MR) is 62.9 cm³/mol. The molecule has 0 radical (unpaired) electrons. The first-order valence-corrected chi connectivity index (χ1v) is 5.12. The maximum absolute atomic E-state index is 5.67. The average Bonchev–Trinajstić information content (AvgIpc) is 2.65. The van der Waals surface area contributed by atoms with Crippen molar-refractivity contribution >= 4 is 11.6 Å². The molecule has 0 amide bonds. The summed E-state index contributed by atoms with van der Waals surface area (Å²) in [5, 5.41) is 3.31. The van der Waals surface area contributed by atoms with E-state index in [1.807, 2.05) is 31.3 Å². The molecule has 3 N–H and O–H groups in total. The van der Waals surface area contributed by atoms with Crippen LogP contribution in [0.4, 0.5) is 5.69 Å². The van der Waals surface area contributed by atoms with Crippen LogP contribution in [0.1, 0.15) is 5.56 Å². The molecule has 0 aliphatic carbocycles. The van der Waals surface area contributed by atoms with Gasteiger partial charge in [0.1, 0.15) is 0 Å². The Morgan fingerprint density at radius 2 is 2.27 bits per heavy atom. The maximum atomic E-state index is 5.67. The normalized spacial score (nSPS) is 15.3. The summed E-state index contributed by atoms with van der Waals surface area (Å²) >= 11 is 0. The lowest BCUT2D eigenvalue weighted by Crippen LogP contribution is -2.29. The van der Waals surface area contributed by atoms with E-state index in [1.54, 1.807) is 0 Å². The smallest absolute Gasteiger partial charge is 0.198 e. The summed E-state index contributed by atoms with van der Waals surface area (Å²) in [5.41, 5.74) is 7.83. The Bertz CT molecular complexity index is 373. The van der Waals surface area contributed by atoms with Gasteiger partial charge in [0.2, 0.25) is 0 Å². The summed E-state index contributed by atoms with van der Waals surface area (Å²) in [6.07, 6.45) is 0. The van der Waals surface area contributed by atoms with Crippen molar-refractivity contribution in [2.45, 2.75) is 6.54 Å². The van der Waals surface area contributed by atoms with Crippen molar-refractivity contribution in [1.29, 1.82) is 0 Å². The molecule has 1 aliphatic heterocycles. The zero-order valence-corrected chi connectivity index (χ0v) is 8.90. The second kappa shape index (κ2) is 4.31. The van der Waals surface area contributed by atoms with Crippen LogP contribution in [0, 0.1) is 0 Å². The molecule has 1 aliphatic rings. The van der Waals surface area contributed by atoms with Gasteiger partial charge in [-0.2, -0.15) is 0 Å². The second-order valence-electron chi connectivity index (χ2n) is 3.61. The van der Waals surface area contributed by atoms with Gasteiger partial charge in [-0.15, -0.1) is 0 Å². The van der Waals surface area contributed by atoms with Gasteiger partial charge < -0.3 is 16.0 Å². The molecule has 2 rings (SSSR count). The Hall–Kier alpha value is -1.55. The minimum atomic E-state index is 0.542. The highest BCUT2D eigenvalue weighted by Gasteiger charge is 2.12. The molecule has 1 aromatic rings. The Labute approximate surface area is 89.8 Å². The van der Waals surface area contributed by atoms with Crippen LogP contribution in [0.5, 0.6) is 0 Å². The van der Waals surface area contributed by atoms with Crippen LogP contribution in [0.25, 0.3) is 0 Å². The third-order valence-corrected chi connectivity index (χ3v) is 2.54. The zero-order chi connectivity index (χ0) is 10.7. The number of nitrogens with two attached hydrogens (primary N) is 1. The molecule has 80 valence electrons. The largest absolute Gasteiger partial charge is 0.344 e. The summed E-state index contributed by atoms with van der Waals surface area (Å²) in [7, 11) is 2.03. The lowest BCUT2D eigenvalue weighted by molar-refractivity contribution is 0.555. The molecular weight excluding hydrogens is 188 g/mol. The number of aliphatic imine (C=N–C) groups is 1. The molecule has 0 saturated heterocycles. The summed E-state index contributed by atoms with van der Waals surface area (Å²) in [4.78, 5) is 6.48. The van der Waals surface area contributed by atoms with Crippen LogP contribution < -0.4 is 11.1 Å². The van der Waals surface area contributed by atoms with Crippen molar-refractivity contribution < 1.29 is 0 Å². The molecular formula is C11H16N4. The monoisotopic (exact) mass is 204 g/mol. The summed E-state index contributed by atoms with van der Waals surface area (Å²) in [6.45, 7) is 2.39. The minimum Gasteiger partial charge on any atom is -0.344 e. The number of likely N-dealkylation sites (N-methyl/N-ethyl adjacent to an activating group) is 1. The quantitative estimate of drug-likeness (QED) is 0.751. The second-order valence-corrected chi connectivity index (χ2v) is 3.61.